The van der Waals surface area contributed by atoms with Gasteiger partial charge >= 0.3 is 6.03 Å². The summed E-state index contributed by atoms with van der Waals surface area (Å²) in [6, 6.07) is 11.0. The van der Waals surface area contributed by atoms with Crippen molar-refractivity contribution in [2.24, 2.45) is 0 Å². The lowest BCUT2D eigenvalue weighted by atomic mass is 9.97. The van der Waals surface area contributed by atoms with E-state index in [0.717, 1.165) is 24.2 Å². The second-order valence-corrected chi connectivity index (χ2v) is 6.84. The number of hydrogen-bond acceptors (Lipinski definition) is 5. The van der Waals surface area contributed by atoms with Crippen molar-refractivity contribution in [2.45, 2.75) is 25.3 Å². The smallest absolute Gasteiger partial charge is 0.317 e. The van der Waals surface area contributed by atoms with Crippen LogP contribution in [0.25, 0.3) is 11.4 Å². The first-order valence-corrected chi connectivity index (χ1v) is 9.22. The Kier molecular flexibility index (Phi) is 5.11. The molecule has 0 bridgehead atoms. The van der Waals surface area contributed by atoms with Crippen molar-refractivity contribution in [2.75, 3.05) is 13.1 Å². The van der Waals surface area contributed by atoms with E-state index in [0.29, 0.717) is 36.4 Å². The van der Waals surface area contributed by atoms with Gasteiger partial charge in [0.1, 0.15) is 5.76 Å². The number of nitrogens with one attached hydrogen (secondary N) is 1. The van der Waals surface area contributed by atoms with Crippen LogP contribution in [0.1, 0.15) is 30.4 Å². The van der Waals surface area contributed by atoms with Crippen LogP contribution in [0, 0.1) is 0 Å². The number of nitrogens with zero attached hydrogens (tertiary/aromatic N) is 3. The molecule has 0 saturated carbocycles. The number of benzene rings is 1. The molecular weight excluding hydrogens is 368 g/mol. The quantitative estimate of drug-likeness (QED) is 0.730. The first kappa shape index (κ1) is 17.6. The summed E-state index contributed by atoms with van der Waals surface area (Å²) in [5.41, 5.74) is 0.754. The summed E-state index contributed by atoms with van der Waals surface area (Å²) < 4.78 is 10.7. The molecule has 2 aromatic heterocycles. The number of halogens is 1. The first-order chi connectivity index (χ1) is 13.2. The molecule has 8 heteroatoms. The highest BCUT2D eigenvalue weighted by molar-refractivity contribution is 6.33. The summed E-state index contributed by atoms with van der Waals surface area (Å²) in [6.07, 6.45) is 3.14. The standard InChI is InChI=1S/C19H19ClN4O3/c20-16-6-2-1-5-15(16)17-22-18(27-23-17)13-7-9-24(10-8-13)19(25)21-12-14-4-3-11-26-14/h1-6,11,13H,7-10,12H2,(H,21,25). The molecule has 27 heavy (non-hydrogen) atoms. The molecule has 2 amide bonds. The Morgan fingerprint density at radius 3 is 2.78 bits per heavy atom. The fraction of sp³-hybridized carbons (Fsp3) is 0.316. The maximum absolute atomic E-state index is 12.3. The Bertz CT molecular complexity index is 901. The van der Waals surface area contributed by atoms with Crippen LogP contribution in [-0.4, -0.2) is 34.2 Å². The Morgan fingerprint density at radius 1 is 1.22 bits per heavy atom. The highest BCUT2D eigenvalue weighted by atomic mass is 35.5. The highest BCUT2D eigenvalue weighted by Gasteiger charge is 2.27. The van der Waals surface area contributed by atoms with E-state index in [-0.39, 0.29) is 11.9 Å². The number of piperidine rings is 1. The second kappa shape index (κ2) is 7.84. The molecule has 4 rings (SSSR count). The van der Waals surface area contributed by atoms with Crippen molar-refractivity contribution in [3.05, 3.63) is 59.3 Å². The Balaban J connectivity index is 1.33. The van der Waals surface area contributed by atoms with Crippen molar-refractivity contribution >= 4 is 17.6 Å². The van der Waals surface area contributed by atoms with Crippen molar-refractivity contribution in [3.63, 3.8) is 0 Å². The molecule has 0 spiro atoms. The van der Waals surface area contributed by atoms with Crippen molar-refractivity contribution in [1.82, 2.24) is 20.4 Å². The molecule has 0 unspecified atom stereocenters. The zero-order valence-electron chi connectivity index (χ0n) is 14.6. The predicted molar refractivity (Wildman–Crippen MR) is 99.2 cm³/mol. The summed E-state index contributed by atoms with van der Waals surface area (Å²) in [5.74, 6) is 1.97. The zero-order chi connectivity index (χ0) is 18.6. The topological polar surface area (TPSA) is 84.4 Å². The molecule has 0 aliphatic carbocycles. The van der Waals surface area contributed by atoms with Gasteiger partial charge in [0.05, 0.1) is 17.8 Å². The number of furan rings is 1. The van der Waals surface area contributed by atoms with E-state index >= 15 is 0 Å². The summed E-state index contributed by atoms with van der Waals surface area (Å²) in [4.78, 5) is 18.6. The van der Waals surface area contributed by atoms with Gasteiger partial charge in [0.15, 0.2) is 0 Å². The minimum Gasteiger partial charge on any atom is -0.467 e. The van der Waals surface area contributed by atoms with Crippen LogP contribution in [0.15, 0.2) is 51.6 Å². The lowest BCUT2D eigenvalue weighted by Gasteiger charge is -2.30. The van der Waals surface area contributed by atoms with Crippen LogP contribution in [0.3, 0.4) is 0 Å². The minimum absolute atomic E-state index is 0.0906. The molecule has 1 aromatic carbocycles. The van der Waals surface area contributed by atoms with Crippen molar-refractivity contribution in [1.29, 1.82) is 0 Å². The van der Waals surface area contributed by atoms with E-state index in [1.807, 2.05) is 24.3 Å². The minimum atomic E-state index is -0.0906. The number of aromatic nitrogens is 2. The van der Waals surface area contributed by atoms with Crippen LogP contribution < -0.4 is 5.32 Å². The summed E-state index contributed by atoms with van der Waals surface area (Å²) >= 11 is 6.19. The van der Waals surface area contributed by atoms with Gasteiger partial charge in [0.25, 0.3) is 0 Å². The molecule has 1 fully saturated rings. The normalized spacial score (nSPS) is 15.1. The molecule has 1 saturated heterocycles. The van der Waals surface area contributed by atoms with E-state index < -0.39 is 0 Å². The van der Waals surface area contributed by atoms with Gasteiger partial charge in [-0.2, -0.15) is 4.98 Å². The lowest BCUT2D eigenvalue weighted by Crippen LogP contribution is -2.43. The Hall–Kier alpha value is -2.80. The van der Waals surface area contributed by atoms with E-state index in [2.05, 4.69) is 15.5 Å². The van der Waals surface area contributed by atoms with Crippen molar-refractivity contribution in [3.8, 4) is 11.4 Å². The lowest BCUT2D eigenvalue weighted by molar-refractivity contribution is 0.174. The third-order valence-corrected chi connectivity index (χ3v) is 5.01. The molecule has 0 atom stereocenters. The van der Waals surface area contributed by atoms with Gasteiger partial charge < -0.3 is 19.2 Å². The van der Waals surface area contributed by atoms with Crippen LogP contribution in [0.5, 0.6) is 0 Å². The number of carbonyl (C=O) groups is 1. The average Bonchev–Trinajstić information content (AvgIpc) is 3.39. The highest BCUT2D eigenvalue weighted by Crippen LogP contribution is 2.30. The number of amides is 2. The summed E-state index contributed by atoms with van der Waals surface area (Å²) in [6.45, 7) is 1.66. The second-order valence-electron chi connectivity index (χ2n) is 6.44. The zero-order valence-corrected chi connectivity index (χ0v) is 15.4. The van der Waals surface area contributed by atoms with Crippen LogP contribution in [-0.2, 0) is 6.54 Å². The molecule has 3 heterocycles. The molecule has 140 valence electrons. The Labute approximate surface area is 161 Å². The molecule has 1 aliphatic rings. The Morgan fingerprint density at radius 2 is 2.04 bits per heavy atom. The molecule has 7 nitrogen and oxygen atoms in total. The monoisotopic (exact) mass is 386 g/mol. The van der Waals surface area contributed by atoms with Gasteiger partial charge in [-0.25, -0.2) is 4.79 Å². The van der Waals surface area contributed by atoms with E-state index in [4.69, 9.17) is 20.5 Å². The third kappa shape index (κ3) is 3.98. The average molecular weight is 387 g/mol. The van der Waals surface area contributed by atoms with E-state index in [1.54, 1.807) is 23.3 Å². The molecule has 3 aromatic rings. The van der Waals surface area contributed by atoms with Gasteiger partial charge in [0.2, 0.25) is 11.7 Å². The SMILES string of the molecule is O=C(NCc1ccco1)N1CCC(c2nc(-c3ccccc3Cl)no2)CC1. The number of rotatable bonds is 4. The number of urea groups is 1. The van der Waals surface area contributed by atoms with Gasteiger partial charge in [-0.1, -0.05) is 28.9 Å². The van der Waals surface area contributed by atoms with Gasteiger partial charge in [0, 0.05) is 24.6 Å². The maximum Gasteiger partial charge on any atom is 0.317 e. The first-order valence-electron chi connectivity index (χ1n) is 8.84. The van der Waals surface area contributed by atoms with Gasteiger partial charge in [-0.05, 0) is 37.1 Å². The number of hydrogen-bond donors (Lipinski definition) is 1. The maximum atomic E-state index is 12.3. The van der Waals surface area contributed by atoms with Crippen molar-refractivity contribution < 1.29 is 13.7 Å². The van der Waals surface area contributed by atoms with Crippen LogP contribution >= 0.6 is 11.6 Å². The van der Waals surface area contributed by atoms with Gasteiger partial charge in [-0.3, -0.25) is 0 Å². The molecule has 0 radical (unpaired) electrons. The van der Waals surface area contributed by atoms with Crippen LogP contribution in [0.4, 0.5) is 4.79 Å². The summed E-state index contributed by atoms with van der Waals surface area (Å²) in [7, 11) is 0. The number of likely N-dealkylation sites (tertiary alicyclic amines) is 1. The van der Waals surface area contributed by atoms with E-state index in [9.17, 15) is 4.79 Å². The molecule has 1 N–H and O–H groups in total. The third-order valence-electron chi connectivity index (χ3n) is 4.68. The summed E-state index contributed by atoms with van der Waals surface area (Å²) in [5, 5.41) is 7.52. The molecule has 1 aliphatic heterocycles. The fourth-order valence-corrected chi connectivity index (χ4v) is 3.39. The number of carbonyl (C=O) groups excluding carboxylic acids is 1. The largest absolute Gasteiger partial charge is 0.467 e. The predicted octanol–water partition coefficient (Wildman–Crippen LogP) is 4.07. The fourth-order valence-electron chi connectivity index (χ4n) is 3.17. The van der Waals surface area contributed by atoms with E-state index in [1.165, 1.54) is 0 Å². The van der Waals surface area contributed by atoms with Gasteiger partial charge in [-0.15, -0.1) is 0 Å². The molecular formula is C19H19ClN4O3. The van der Waals surface area contributed by atoms with Crippen LogP contribution in [0.2, 0.25) is 5.02 Å².